The van der Waals surface area contributed by atoms with Crippen molar-refractivity contribution in [2.75, 3.05) is 13.1 Å². The van der Waals surface area contributed by atoms with Crippen LogP contribution in [0.5, 0.6) is 0 Å². The van der Waals surface area contributed by atoms with Crippen molar-refractivity contribution >= 4 is 5.91 Å². The van der Waals surface area contributed by atoms with Gasteiger partial charge in [-0.1, -0.05) is 0 Å². The van der Waals surface area contributed by atoms with Gasteiger partial charge in [-0.25, -0.2) is 4.39 Å². The van der Waals surface area contributed by atoms with E-state index >= 15 is 0 Å². The van der Waals surface area contributed by atoms with E-state index in [2.05, 4.69) is 0 Å². The first kappa shape index (κ1) is 14.8. The van der Waals surface area contributed by atoms with Gasteiger partial charge >= 0.3 is 6.18 Å². The molecule has 110 valence electrons. The third-order valence-electron chi connectivity index (χ3n) is 3.26. The van der Waals surface area contributed by atoms with Gasteiger partial charge in [-0.2, -0.15) is 13.2 Å². The smallest absolute Gasteiger partial charge is 0.337 e. The van der Waals surface area contributed by atoms with E-state index in [1.807, 2.05) is 0 Å². The van der Waals surface area contributed by atoms with Crippen molar-refractivity contribution in [1.82, 2.24) is 4.90 Å². The predicted octanol–water partition coefficient (Wildman–Crippen LogP) is 2.41. The first-order chi connectivity index (χ1) is 9.29. The van der Waals surface area contributed by atoms with E-state index in [1.54, 1.807) is 0 Å². The highest BCUT2D eigenvalue weighted by Gasteiger charge is 2.35. The molecule has 2 N–H and O–H groups in total. The number of nitrogens with zero attached hydrogens (tertiary/aromatic N) is 1. The SMILES string of the molecule is NC1CCCN(C(=O)c2ccc(F)c(C(F)(F)F)c2)C1. The van der Waals surface area contributed by atoms with Crippen LogP contribution in [0.1, 0.15) is 28.8 Å². The fourth-order valence-electron chi connectivity index (χ4n) is 2.25. The highest BCUT2D eigenvalue weighted by molar-refractivity contribution is 5.94. The fraction of sp³-hybridized carbons (Fsp3) is 0.462. The molecule has 0 aliphatic carbocycles. The van der Waals surface area contributed by atoms with Gasteiger partial charge in [-0.05, 0) is 31.0 Å². The van der Waals surface area contributed by atoms with Crippen molar-refractivity contribution in [2.45, 2.75) is 25.1 Å². The van der Waals surface area contributed by atoms with E-state index in [4.69, 9.17) is 5.73 Å². The average molecular weight is 290 g/mol. The number of carbonyl (C=O) groups excluding carboxylic acids is 1. The lowest BCUT2D eigenvalue weighted by atomic mass is 10.0. The maximum Gasteiger partial charge on any atom is 0.419 e. The van der Waals surface area contributed by atoms with Crippen molar-refractivity contribution in [3.63, 3.8) is 0 Å². The largest absolute Gasteiger partial charge is 0.419 e. The Kier molecular flexibility index (Phi) is 3.99. The summed E-state index contributed by atoms with van der Waals surface area (Å²) in [7, 11) is 0. The number of hydrogen-bond acceptors (Lipinski definition) is 2. The van der Waals surface area contributed by atoms with Gasteiger partial charge in [-0.3, -0.25) is 4.79 Å². The molecule has 1 atom stereocenters. The number of rotatable bonds is 1. The first-order valence-corrected chi connectivity index (χ1v) is 6.20. The highest BCUT2D eigenvalue weighted by atomic mass is 19.4. The summed E-state index contributed by atoms with van der Waals surface area (Å²) in [6.45, 7) is 0.753. The van der Waals surface area contributed by atoms with Crippen molar-refractivity contribution < 1.29 is 22.4 Å². The number of piperidine rings is 1. The monoisotopic (exact) mass is 290 g/mol. The van der Waals surface area contributed by atoms with Crippen molar-refractivity contribution in [3.05, 3.63) is 35.1 Å². The topological polar surface area (TPSA) is 46.3 Å². The Labute approximate surface area is 113 Å². The average Bonchev–Trinajstić information content (AvgIpc) is 2.37. The van der Waals surface area contributed by atoms with E-state index < -0.39 is 23.5 Å². The molecular formula is C13H14F4N2O. The second kappa shape index (κ2) is 5.40. The van der Waals surface area contributed by atoms with Crippen molar-refractivity contribution in [3.8, 4) is 0 Å². The summed E-state index contributed by atoms with van der Waals surface area (Å²) in [4.78, 5) is 13.5. The zero-order valence-corrected chi connectivity index (χ0v) is 10.6. The molecule has 0 radical (unpaired) electrons. The highest BCUT2D eigenvalue weighted by Crippen LogP contribution is 2.32. The number of amides is 1. The van der Waals surface area contributed by atoms with E-state index in [0.29, 0.717) is 31.6 Å². The number of hydrogen-bond donors (Lipinski definition) is 1. The molecule has 1 aromatic carbocycles. The number of carbonyl (C=O) groups is 1. The van der Waals surface area contributed by atoms with Crippen LogP contribution < -0.4 is 5.73 Å². The summed E-state index contributed by atoms with van der Waals surface area (Å²) in [5, 5.41) is 0. The molecule has 1 aliphatic rings. The van der Waals surface area contributed by atoms with Crippen LogP contribution in [0.2, 0.25) is 0 Å². The molecule has 7 heteroatoms. The van der Waals surface area contributed by atoms with Crippen LogP contribution in [0.4, 0.5) is 17.6 Å². The predicted molar refractivity (Wildman–Crippen MR) is 64.5 cm³/mol. The maximum atomic E-state index is 13.2. The number of nitrogens with two attached hydrogens (primary N) is 1. The lowest BCUT2D eigenvalue weighted by Crippen LogP contribution is -2.45. The van der Waals surface area contributed by atoms with Gasteiger partial charge in [0.25, 0.3) is 5.91 Å². The Hall–Kier alpha value is -1.63. The second-order valence-electron chi connectivity index (χ2n) is 4.85. The van der Waals surface area contributed by atoms with Crippen LogP contribution in [-0.4, -0.2) is 29.9 Å². The van der Waals surface area contributed by atoms with Gasteiger partial charge in [0, 0.05) is 24.7 Å². The molecule has 1 amide bonds. The normalized spacial score (nSPS) is 20.1. The molecule has 0 aromatic heterocycles. The number of halogens is 4. The van der Waals surface area contributed by atoms with Gasteiger partial charge in [0.05, 0.1) is 5.56 Å². The first-order valence-electron chi connectivity index (χ1n) is 6.20. The molecule has 20 heavy (non-hydrogen) atoms. The molecule has 0 bridgehead atoms. The molecule has 1 aliphatic heterocycles. The lowest BCUT2D eigenvalue weighted by molar-refractivity contribution is -0.140. The molecular weight excluding hydrogens is 276 g/mol. The summed E-state index contributed by atoms with van der Waals surface area (Å²) in [6, 6.07) is 2.11. The van der Waals surface area contributed by atoms with Crippen LogP contribution in [0.15, 0.2) is 18.2 Å². The third kappa shape index (κ3) is 3.09. The van der Waals surface area contributed by atoms with Crippen LogP contribution in [0, 0.1) is 5.82 Å². The molecule has 1 fully saturated rings. The molecule has 2 rings (SSSR count). The molecule has 1 unspecified atom stereocenters. The summed E-state index contributed by atoms with van der Waals surface area (Å²) in [5.74, 6) is -1.94. The Balaban J connectivity index is 2.26. The van der Waals surface area contributed by atoms with Crippen LogP contribution in [0.3, 0.4) is 0 Å². The third-order valence-corrected chi connectivity index (χ3v) is 3.26. The fourth-order valence-corrected chi connectivity index (χ4v) is 2.25. The van der Waals surface area contributed by atoms with Gasteiger partial charge in [0.2, 0.25) is 0 Å². The maximum absolute atomic E-state index is 13.2. The Bertz CT molecular complexity index is 516. The Morgan fingerprint density at radius 2 is 2.05 bits per heavy atom. The minimum atomic E-state index is -4.82. The summed E-state index contributed by atoms with van der Waals surface area (Å²) in [5.41, 5.74) is 4.13. The van der Waals surface area contributed by atoms with E-state index in [-0.39, 0.29) is 11.6 Å². The van der Waals surface area contributed by atoms with Crippen LogP contribution in [-0.2, 0) is 6.18 Å². The molecule has 1 saturated heterocycles. The number of likely N-dealkylation sites (tertiary alicyclic amines) is 1. The van der Waals surface area contributed by atoms with E-state index in [9.17, 15) is 22.4 Å². The van der Waals surface area contributed by atoms with Gasteiger partial charge in [0.1, 0.15) is 5.82 Å². The van der Waals surface area contributed by atoms with Crippen LogP contribution >= 0.6 is 0 Å². The molecule has 1 heterocycles. The standard InChI is InChI=1S/C13H14F4N2O/c14-11-4-3-8(6-10(11)13(15,16)17)12(20)19-5-1-2-9(18)7-19/h3-4,6,9H,1-2,5,7,18H2. The van der Waals surface area contributed by atoms with E-state index in [0.717, 1.165) is 12.5 Å². The van der Waals surface area contributed by atoms with Gasteiger partial charge < -0.3 is 10.6 Å². The Morgan fingerprint density at radius 3 is 2.65 bits per heavy atom. The number of benzene rings is 1. The molecule has 0 spiro atoms. The molecule has 3 nitrogen and oxygen atoms in total. The Morgan fingerprint density at radius 1 is 1.35 bits per heavy atom. The van der Waals surface area contributed by atoms with E-state index in [1.165, 1.54) is 4.90 Å². The summed E-state index contributed by atoms with van der Waals surface area (Å²) < 4.78 is 51.0. The van der Waals surface area contributed by atoms with Gasteiger partial charge in [-0.15, -0.1) is 0 Å². The number of alkyl halides is 3. The quantitative estimate of drug-likeness (QED) is 0.807. The molecule has 1 aromatic rings. The second-order valence-corrected chi connectivity index (χ2v) is 4.85. The zero-order valence-electron chi connectivity index (χ0n) is 10.6. The van der Waals surface area contributed by atoms with Gasteiger partial charge in [0.15, 0.2) is 0 Å². The minimum Gasteiger partial charge on any atom is -0.337 e. The van der Waals surface area contributed by atoms with Crippen LogP contribution in [0.25, 0.3) is 0 Å². The summed E-state index contributed by atoms with van der Waals surface area (Å²) in [6.07, 6.45) is -3.33. The van der Waals surface area contributed by atoms with Crippen molar-refractivity contribution in [2.24, 2.45) is 5.73 Å². The van der Waals surface area contributed by atoms with Crippen molar-refractivity contribution in [1.29, 1.82) is 0 Å². The lowest BCUT2D eigenvalue weighted by Gasteiger charge is -2.31. The zero-order chi connectivity index (χ0) is 14.9. The molecule has 0 saturated carbocycles. The minimum absolute atomic E-state index is 0.171. The summed E-state index contributed by atoms with van der Waals surface area (Å²) >= 11 is 0.